The quantitative estimate of drug-likeness (QED) is 0.242. The van der Waals surface area contributed by atoms with Gasteiger partial charge in [-0.1, -0.05) is 25.6 Å². The Kier molecular flexibility index (Phi) is 5.84. The molecule has 0 aromatic rings. The molecule has 88 valence electrons. The first kappa shape index (κ1) is 14.7. The monoisotopic (exact) mass is 236 g/mol. The van der Waals surface area contributed by atoms with Crippen molar-refractivity contribution in [3.8, 4) is 11.5 Å². The van der Waals surface area contributed by atoms with Crippen LogP contribution in [0.25, 0.3) is 0 Å². The molecule has 0 heterocycles. The number of carbonyl (C=O) groups excluding carboxylic acids is 1. The summed E-state index contributed by atoms with van der Waals surface area (Å²) in [6, 6.07) is 0. The van der Waals surface area contributed by atoms with Gasteiger partial charge in [-0.15, -0.1) is 5.54 Å². The zero-order valence-corrected chi connectivity index (χ0v) is 12.0. The Labute approximate surface area is 99.4 Å². The van der Waals surface area contributed by atoms with E-state index in [0.29, 0.717) is 5.76 Å². The van der Waals surface area contributed by atoms with Crippen LogP contribution >= 0.6 is 0 Å². The average Bonchev–Trinajstić information content (AvgIpc) is 2.12. The highest BCUT2D eigenvalue weighted by molar-refractivity contribution is 6.83. The average molecular weight is 236 g/mol. The van der Waals surface area contributed by atoms with E-state index in [-0.39, 0.29) is 5.97 Å². The van der Waals surface area contributed by atoms with E-state index in [1.807, 2.05) is 13.8 Å². The summed E-state index contributed by atoms with van der Waals surface area (Å²) >= 11 is 0. The van der Waals surface area contributed by atoms with Crippen LogP contribution in [0.1, 0.15) is 20.8 Å². The molecule has 0 saturated carbocycles. The third-order valence-electron chi connectivity index (χ3n) is 1.54. The Morgan fingerprint density at radius 1 is 1.25 bits per heavy atom. The van der Waals surface area contributed by atoms with Gasteiger partial charge >= 0.3 is 5.97 Å². The second-order valence-corrected chi connectivity index (χ2v) is 9.36. The number of ether oxygens (including phenoxy) is 1. The van der Waals surface area contributed by atoms with Gasteiger partial charge in [-0.25, -0.2) is 0 Å². The maximum absolute atomic E-state index is 10.8. The number of hydrogen-bond acceptors (Lipinski definition) is 2. The third-order valence-corrected chi connectivity index (χ3v) is 2.41. The number of hydrogen-bond donors (Lipinski definition) is 0. The van der Waals surface area contributed by atoms with Crippen LogP contribution in [0.3, 0.4) is 0 Å². The molecule has 16 heavy (non-hydrogen) atoms. The Hall–Kier alpha value is -1.27. The van der Waals surface area contributed by atoms with E-state index in [0.717, 1.165) is 5.57 Å². The highest BCUT2D eigenvalue weighted by Crippen LogP contribution is 2.05. The topological polar surface area (TPSA) is 26.3 Å². The van der Waals surface area contributed by atoms with Crippen molar-refractivity contribution in [2.24, 2.45) is 0 Å². The van der Waals surface area contributed by atoms with E-state index < -0.39 is 8.07 Å². The molecule has 0 rings (SSSR count). The van der Waals surface area contributed by atoms with Crippen molar-refractivity contribution < 1.29 is 9.53 Å². The van der Waals surface area contributed by atoms with Gasteiger partial charge in [0.25, 0.3) is 0 Å². The van der Waals surface area contributed by atoms with Gasteiger partial charge in [0.05, 0.1) is 0 Å². The molecular formula is C13H20O2Si. The molecule has 0 spiro atoms. The summed E-state index contributed by atoms with van der Waals surface area (Å²) in [6.07, 6.45) is 3.54. The van der Waals surface area contributed by atoms with Crippen molar-refractivity contribution in [2.75, 3.05) is 0 Å². The predicted octanol–water partition coefficient (Wildman–Crippen LogP) is 3.28. The summed E-state index contributed by atoms with van der Waals surface area (Å²) in [5.41, 5.74) is 4.17. The van der Waals surface area contributed by atoms with Gasteiger partial charge in [0.15, 0.2) is 0 Å². The van der Waals surface area contributed by atoms with E-state index in [2.05, 4.69) is 31.1 Å². The standard InChI is InChI=1S/C13H20O2Si/c1-7-13(15-12(3)14)10-11(2)8-9-16(4,5)6/h7,10H,1-6H3. The summed E-state index contributed by atoms with van der Waals surface area (Å²) in [6.45, 7) is 11.7. The molecule has 2 nitrogen and oxygen atoms in total. The van der Waals surface area contributed by atoms with Crippen molar-refractivity contribution in [1.29, 1.82) is 0 Å². The molecule has 0 aliphatic rings. The zero-order chi connectivity index (χ0) is 12.8. The first-order valence-electron chi connectivity index (χ1n) is 5.31. The van der Waals surface area contributed by atoms with E-state index in [9.17, 15) is 4.79 Å². The van der Waals surface area contributed by atoms with Gasteiger partial charge in [-0.2, -0.15) is 0 Å². The lowest BCUT2D eigenvalue weighted by Gasteiger charge is -2.04. The smallest absolute Gasteiger partial charge is 0.308 e. The van der Waals surface area contributed by atoms with E-state index >= 15 is 0 Å². The Morgan fingerprint density at radius 3 is 2.19 bits per heavy atom. The molecule has 0 aliphatic heterocycles. The van der Waals surface area contributed by atoms with Crippen LogP contribution in [0.4, 0.5) is 0 Å². The van der Waals surface area contributed by atoms with Crippen molar-refractivity contribution >= 4 is 14.0 Å². The van der Waals surface area contributed by atoms with Crippen molar-refractivity contribution in [3.63, 3.8) is 0 Å². The molecule has 0 saturated heterocycles. The fourth-order valence-corrected chi connectivity index (χ4v) is 1.45. The van der Waals surface area contributed by atoms with Gasteiger partial charge in [-0.3, -0.25) is 4.79 Å². The molecule has 0 aliphatic carbocycles. The lowest BCUT2D eigenvalue weighted by molar-refractivity contribution is -0.136. The van der Waals surface area contributed by atoms with Crippen molar-refractivity contribution in [3.05, 3.63) is 23.5 Å². The van der Waals surface area contributed by atoms with Gasteiger partial charge in [0.2, 0.25) is 0 Å². The van der Waals surface area contributed by atoms with Crippen LogP contribution in [0, 0.1) is 11.5 Å². The van der Waals surface area contributed by atoms with Gasteiger partial charge < -0.3 is 4.74 Å². The maximum atomic E-state index is 10.8. The molecule has 0 aromatic carbocycles. The number of rotatable bonds is 2. The minimum absolute atomic E-state index is 0.310. The molecule has 0 fully saturated rings. The molecule has 3 heteroatoms. The highest BCUT2D eigenvalue weighted by atomic mass is 28.3. The van der Waals surface area contributed by atoms with Crippen LogP contribution < -0.4 is 0 Å². The van der Waals surface area contributed by atoms with Crippen LogP contribution in [0.15, 0.2) is 23.5 Å². The third kappa shape index (κ3) is 8.07. The van der Waals surface area contributed by atoms with E-state index in [1.165, 1.54) is 6.92 Å². The van der Waals surface area contributed by atoms with Crippen molar-refractivity contribution in [2.45, 2.75) is 40.4 Å². The first-order chi connectivity index (χ1) is 7.24. The van der Waals surface area contributed by atoms with Gasteiger partial charge in [-0.05, 0) is 26.0 Å². The minimum Gasteiger partial charge on any atom is -0.427 e. The predicted molar refractivity (Wildman–Crippen MR) is 70.4 cm³/mol. The van der Waals surface area contributed by atoms with Crippen LogP contribution in [0.2, 0.25) is 19.6 Å². The zero-order valence-electron chi connectivity index (χ0n) is 11.0. The van der Waals surface area contributed by atoms with Crippen LogP contribution in [-0.4, -0.2) is 14.0 Å². The Bertz CT molecular complexity index is 373. The lowest BCUT2D eigenvalue weighted by atomic mass is 10.2. The minimum atomic E-state index is -1.34. The van der Waals surface area contributed by atoms with Crippen LogP contribution in [-0.2, 0) is 9.53 Å². The number of allylic oxidation sites excluding steroid dienone is 3. The van der Waals surface area contributed by atoms with Gasteiger partial charge in [0.1, 0.15) is 13.8 Å². The molecule has 0 radical (unpaired) electrons. The Balaban J connectivity index is 4.75. The van der Waals surface area contributed by atoms with E-state index in [1.54, 1.807) is 12.2 Å². The van der Waals surface area contributed by atoms with Gasteiger partial charge in [0, 0.05) is 12.5 Å². The molecule has 0 N–H and O–H groups in total. The second kappa shape index (κ2) is 6.34. The number of esters is 1. The van der Waals surface area contributed by atoms with Crippen molar-refractivity contribution in [1.82, 2.24) is 0 Å². The summed E-state index contributed by atoms with van der Waals surface area (Å²) in [5, 5.41) is 0. The SMILES string of the molecule is CC=C(C=C(C)C#C[Si](C)(C)C)OC(C)=O. The second-order valence-electron chi connectivity index (χ2n) is 4.61. The first-order valence-corrected chi connectivity index (χ1v) is 8.81. The summed E-state index contributed by atoms with van der Waals surface area (Å²) in [5.74, 6) is 3.34. The summed E-state index contributed by atoms with van der Waals surface area (Å²) < 4.78 is 4.99. The fourth-order valence-electron chi connectivity index (χ4n) is 0.873. The molecule has 0 bridgehead atoms. The summed E-state index contributed by atoms with van der Waals surface area (Å²) in [7, 11) is -1.34. The lowest BCUT2D eigenvalue weighted by Crippen LogP contribution is -2.16. The number of carbonyl (C=O) groups is 1. The Morgan fingerprint density at radius 2 is 1.81 bits per heavy atom. The maximum Gasteiger partial charge on any atom is 0.308 e. The highest BCUT2D eigenvalue weighted by Gasteiger charge is 2.07. The molecule has 0 aromatic heterocycles. The fraction of sp³-hybridized carbons (Fsp3) is 0.462. The largest absolute Gasteiger partial charge is 0.427 e. The van der Waals surface area contributed by atoms with E-state index in [4.69, 9.17) is 4.74 Å². The normalized spacial score (nSPS) is 12.9. The molecular weight excluding hydrogens is 216 g/mol. The molecule has 0 amide bonds. The summed E-state index contributed by atoms with van der Waals surface area (Å²) in [4.78, 5) is 10.8. The molecule has 0 unspecified atom stereocenters. The molecule has 0 atom stereocenters. The van der Waals surface area contributed by atoms with Crippen LogP contribution in [0.5, 0.6) is 0 Å².